The van der Waals surface area contributed by atoms with Crippen LogP contribution in [0.4, 0.5) is 17.6 Å². The molecule has 0 aliphatic heterocycles. The maximum atomic E-state index is 14.0. The monoisotopic (exact) mass is 512 g/mol. The van der Waals surface area contributed by atoms with Crippen molar-refractivity contribution in [2.45, 2.75) is 18.0 Å². The van der Waals surface area contributed by atoms with E-state index < -0.39 is 27.6 Å². The lowest BCUT2D eigenvalue weighted by molar-refractivity contribution is -0.137. The largest absolute Gasteiger partial charge is 0.416 e. The molecular formula is C21H13BrF4N2O2S. The van der Waals surface area contributed by atoms with E-state index in [2.05, 4.69) is 20.9 Å². The normalized spacial score (nSPS) is 12.5. The smallest absolute Gasteiger partial charge is 0.236 e. The van der Waals surface area contributed by atoms with Crippen molar-refractivity contribution in [2.24, 2.45) is 0 Å². The Labute approximate surface area is 183 Å². The van der Waals surface area contributed by atoms with Gasteiger partial charge in [0.15, 0.2) is 5.65 Å². The van der Waals surface area contributed by atoms with Crippen molar-refractivity contribution >= 4 is 37.0 Å². The lowest BCUT2D eigenvalue weighted by Crippen LogP contribution is -2.12. The minimum absolute atomic E-state index is 0.0107. The molecule has 0 unspecified atom stereocenters. The molecule has 160 valence electrons. The first kappa shape index (κ1) is 21.5. The summed E-state index contributed by atoms with van der Waals surface area (Å²) in [4.78, 5) is 4.14. The molecule has 4 aromatic rings. The Morgan fingerprint density at radius 2 is 1.71 bits per heavy atom. The molecule has 0 aliphatic rings. The van der Waals surface area contributed by atoms with E-state index in [-0.39, 0.29) is 27.1 Å². The number of fused-ring (bicyclic) bond motifs is 1. The van der Waals surface area contributed by atoms with Crippen LogP contribution >= 0.6 is 15.9 Å². The standard InChI is InChI=1S/C21H13BrF4N2O2S/c1-12-2-4-17(5-3-12)31(29,30)28-11-19(18-9-15(22)10-27-20(18)28)13-6-14(21(24,25)26)8-16(23)7-13/h2-11H,1H3. The van der Waals surface area contributed by atoms with Crippen LogP contribution < -0.4 is 0 Å². The van der Waals surface area contributed by atoms with Crippen molar-refractivity contribution in [3.8, 4) is 11.1 Å². The predicted octanol–water partition coefficient (Wildman–Crippen LogP) is 6.17. The van der Waals surface area contributed by atoms with E-state index in [0.29, 0.717) is 10.5 Å². The van der Waals surface area contributed by atoms with Gasteiger partial charge in [-0.25, -0.2) is 21.8 Å². The minimum Gasteiger partial charge on any atom is -0.236 e. The van der Waals surface area contributed by atoms with Crippen molar-refractivity contribution in [3.05, 3.63) is 82.3 Å². The Bertz CT molecular complexity index is 1410. The Morgan fingerprint density at radius 1 is 1.03 bits per heavy atom. The first-order chi connectivity index (χ1) is 14.5. The summed E-state index contributed by atoms with van der Waals surface area (Å²) in [5.41, 5.74) is -0.317. The van der Waals surface area contributed by atoms with Gasteiger partial charge in [-0.15, -0.1) is 0 Å². The minimum atomic E-state index is -4.76. The molecule has 31 heavy (non-hydrogen) atoms. The van der Waals surface area contributed by atoms with Gasteiger partial charge in [-0.2, -0.15) is 13.2 Å². The molecule has 10 heteroatoms. The van der Waals surface area contributed by atoms with Gasteiger partial charge in [0.1, 0.15) is 5.82 Å². The molecule has 0 saturated carbocycles. The molecule has 0 radical (unpaired) electrons. The van der Waals surface area contributed by atoms with E-state index in [9.17, 15) is 26.0 Å². The number of halogens is 5. The van der Waals surface area contributed by atoms with E-state index >= 15 is 0 Å². The summed E-state index contributed by atoms with van der Waals surface area (Å²) in [6.07, 6.45) is -2.23. The third kappa shape index (κ3) is 3.97. The van der Waals surface area contributed by atoms with E-state index in [1.807, 2.05) is 0 Å². The first-order valence-electron chi connectivity index (χ1n) is 8.84. The average molecular weight is 513 g/mol. The van der Waals surface area contributed by atoms with Crippen LogP contribution in [0.5, 0.6) is 0 Å². The Hall–Kier alpha value is -2.72. The molecule has 0 amide bonds. The van der Waals surface area contributed by atoms with E-state index in [0.717, 1.165) is 27.9 Å². The van der Waals surface area contributed by atoms with Crippen LogP contribution in [-0.4, -0.2) is 17.4 Å². The molecule has 0 spiro atoms. The van der Waals surface area contributed by atoms with Crippen LogP contribution in [0, 0.1) is 12.7 Å². The number of rotatable bonds is 3. The van der Waals surface area contributed by atoms with Gasteiger partial charge in [0.05, 0.1) is 10.5 Å². The van der Waals surface area contributed by atoms with Crippen molar-refractivity contribution < 1.29 is 26.0 Å². The fourth-order valence-electron chi connectivity index (χ4n) is 3.20. The quantitative estimate of drug-likeness (QED) is 0.308. The molecule has 2 aromatic carbocycles. The highest BCUT2D eigenvalue weighted by Gasteiger charge is 2.32. The van der Waals surface area contributed by atoms with Gasteiger partial charge in [-0.05, 0) is 64.8 Å². The lowest BCUT2D eigenvalue weighted by Gasteiger charge is -2.09. The summed E-state index contributed by atoms with van der Waals surface area (Å²) >= 11 is 3.24. The zero-order valence-corrected chi connectivity index (χ0v) is 18.2. The highest BCUT2D eigenvalue weighted by molar-refractivity contribution is 9.10. The highest BCUT2D eigenvalue weighted by atomic mass is 79.9. The second kappa shape index (κ2) is 7.45. The first-order valence-corrected chi connectivity index (χ1v) is 11.1. The predicted molar refractivity (Wildman–Crippen MR) is 112 cm³/mol. The number of alkyl halides is 3. The van der Waals surface area contributed by atoms with Gasteiger partial charge in [-0.1, -0.05) is 17.7 Å². The number of pyridine rings is 1. The SMILES string of the molecule is Cc1ccc(S(=O)(=O)n2cc(-c3cc(F)cc(C(F)(F)F)c3)c3cc(Br)cnc32)cc1. The summed E-state index contributed by atoms with van der Waals surface area (Å²) in [6.45, 7) is 1.81. The summed E-state index contributed by atoms with van der Waals surface area (Å²) in [7, 11) is -4.11. The molecular weight excluding hydrogens is 500 g/mol. The number of hydrogen-bond acceptors (Lipinski definition) is 3. The van der Waals surface area contributed by atoms with Gasteiger partial charge in [0.2, 0.25) is 0 Å². The van der Waals surface area contributed by atoms with Crippen LogP contribution in [0.25, 0.3) is 22.2 Å². The Kier molecular flexibility index (Phi) is 5.17. The summed E-state index contributed by atoms with van der Waals surface area (Å²) < 4.78 is 81.5. The average Bonchev–Trinajstić information content (AvgIpc) is 3.06. The number of aryl methyl sites for hydroxylation is 1. The van der Waals surface area contributed by atoms with Gasteiger partial charge in [-0.3, -0.25) is 0 Å². The van der Waals surface area contributed by atoms with E-state index in [1.54, 1.807) is 19.1 Å². The Morgan fingerprint density at radius 3 is 2.35 bits per heavy atom. The van der Waals surface area contributed by atoms with Crippen molar-refractivity contribution in [1.82, 2.24) is 8.96 Å². The van der Waals surface area contributed by atoms with Crippen LogP contribution in [0.15, 0.2) is 70.3 Å². The zero-order chi connectivity index (χ0) is 22.6. The van der Waals surface area contributed by atoms with Crippen LogP contribution in [0.2, 0.25) is 0 Å². The molecule has 0 N–H and O–H groups in total. The van der Waals surface area contributed by atoms with Gasteiger partial charge in [0, 0.05) is 27.8 Å². The number of hydrogen-bond donors (Lipinski definition) is 0. The number of nitrogens with zero attached hydrogens (tertiary/aromatic N) is 2. The van der Waals surface area contributed by atoms with E-state index in [4.69, 9.17) is 0 Å². The second-order valence-electron chi connectivity index (χ2n) is 6.91. The van der Waals surface area contributed by atoms with Crippen LogP contribution in [0.1, 0.15) is 11.1 Å². The fraction of sp³-hybridized carbons (Fsp3) is 0.0952. The topological polar surface area (TPSA) is 52.0 Å². The molecule has 2 aromatic heterocycles. The highest BCUT2D eigenvalue weighted by Crippen LogP contribution is 2.37. The van der Waals surface area contributed by atoms with E-state index in [1.165, 1.54) is 24.4 Å². The lowest BCUT2D eigenvalue weighted by atomic mass is 10.0. The van der Waals surface area contributed by atoms with Crippen molar-refractivity contribution in [3.63, 3.8) is 0 Å². The molecule has 4 rings (SSSR count). The molecule has 2 heterocycles. The molecule has 0 aliphatic carbocycles. The van der Waals surface area contributed by atoms with Crippen molar-refractivity contribution in [1.29, 1.82) is 0 Å². The molecule has 0 saturated heterocycles. The summed E-state index contributed by atoms with van der Waals surface area (Å²) in [6, 6.07) is 9.74. The van der Waals surface area contributed by atoms with Crippen LogP contribution in [-0.2, 0) is 16.2 Å². The summed E-state index contributed by atoms with van der Waals surface area (Å²) in [5, 5.41) is 0.254. The third-order valence-electron chi connectivity index (χ3n) is 4.69. The Balaban J connectivity index is 2.01. The van der Waals surface area contributed by atoms with Gasteiger partial charge < -0.3 is 0 Å². The number of aromatic nitrogens is 2. The fourth-order valence-corrected chi connectivity index (χ4v) is 4.86. The molecule has 0 bridgehead atoms. The van der Waals surface area contributed by atoms with Gasteiger partial charge >= 0.3 is 6.18 Å². The summed E-state index contributed by atoms with van der Waals surface area (Å²) in [5.74, 6) is -1.09. The molecule has 0 fully saturated rings. The van der Waals surface area contributed by atoms with Crippen molar-refractivity contribution in [2.75, 3.05) is 0 Å². The number of benzene rings is 2. The second-order valence-corrected chi connectivity index (χ2v) is 9.64. The third-order valence-corrected chi connectivity index (χ3v) is 6.79. The maximum Gasteiger partial charge on any atom is 0.416 e. The zero-order valence-electron chi connectivity index (χ0n) is 15.8. The van der Waals surface area contributed by atoms with Crippen LogP contribution in [0.3, 0.4) is 0 Å². The maximum absolute atomic E-state index is 14.0. The van der Waals surface area contributed by atoms with Gasteiger partial charge in [0.25, 0.3) is 10.0 Å². The molecule has 0 atom stereocenters. The molecule has 4 nitrogen and oxygen atoms in total.